The maximum atomic E-state index is 6.37. The molecule has 0 bridgehead atoms. The van der Waals surface area contributed by atoms with E-state index in [0.29, 0.717) is 16.7 Å². The van der Waals surface area contributed by atoms with E-state index in [1.807, 2.05) is 18.2 Å². The molecule has 1 fully saturated rings. The van der Waals surface area contributed by atoms with Gasteiger partial charge < -0.3 is 4.74 Å². The monoisotopic (exact) mass is 244 g/mol. The maximum Gasteiger partial charge on any atom is 0.137 e. The van der Waals surface area contributed by atoms with Crippen molar-refractivity contribution in [1.29, 1.82) is 0 Å². The Labute approximate surface area is 100 Å². The van der Waals surface area contributed by atoms with E-state index in [9.17, 15) is 0 Å². The van der Waals surface area contributed by atoms with Crippen molar-refractivity contribution in [3.63, 3.8) is 0 Å². The average molecular weight is 245 g/mol. The summed E-state index contributed by atoms with van der Waals surface area (Å²) in [5.41, 5.74) is 1.09. The Morgan fingerprint density at radius 3 is 2.60 bits per heavy atom. The third-order valence-electron chi connectivity index (χ3n) is 3.04. The number of alkyl halides is 1. The maximum absolute atomic E-state index is 6.37. The summed E-state index contributed by atoms with van der Waals surface area (Å²) >= 11 is 12.4. The van der Waals surface area contributed by atoms with Gasteiger partial charge >= 0.3 is 0 Å². The molecule has 1 aliphatic rings. The van der Waals surface area contributed by atoms with Gasteiger partial charge in [-0.1, -0.05) is 24.6 Å². The van der Waals surface area contributed by atoms with Gasteiger partial charge in [0.2, 0.25) is 0 Å². The van der Waals surface area contributed by atoms with Crippen molar-refractivity contribution in [1.82, 2.24) is 0 Å². The molecular weight excluding hydrogens is 231 g/mol. The van der Waals surface area contributed by atoms with E-state index < -0.39 is 0 Å². The minimum Gasteiger partial charge on any atom is -0.495 e. The molecule has 0 spiro atoms. The van der Waals surface area contributed by atoms with E-state index in [2.05, 4.69) is 6.92 Å². The molecule has 0 amide bonds. The number of hydrogen-bond donors (Lipinski definition) is 0. The standard InChI is InChI=1S/C12H14Cl2O/c1-7-5-9(7)12(14)8-3-4-11(15-2)10(13)6-8/h3-4,6-7,9,12H,5H2,1-2H3. The third kappa shape index (κ3) is 2.24. The van der Waals surface area contributed by atoms with Crippen LogP contribution in [0.25, 0.3) is 0 Å². The van der Waals surface area contributed by atoms with Gasteiger partial charge in [0.05, 0.1) is 17.5 Å². The minimum absolute atomic E-state index is 0.0865. The lowest BCUT2D eigenvalue weighted by molar-refractivity contribution is 0.415. The van der Waals surface area contributed by atoms with Crippen LogP contribution in [0.2, 0.25) is 5.02 Å². The Balaban J connectivity index is 2.18. The highest BCUT2D eigenvalue weighted by molar-refractivity contribution is 6.32. The molecule has 15 heavy (non-hydrogen) atoms. The van der Waals surface area contributed by atoms with Crippen molar-refractivity contribution < 1.29 is 4.74 Å². The molecule has 3 atom stereocenters. The molecular formula is C12H14Cl2O. The van der Waals surface area contributed by atoms with Crippen LogP contribution in [-0.2, 0) is 0 Å². The van der Waals surface area contributed by atoms with E-state index in [0.717, 1.165) is 11.5 Å². The Morgan fingerprint density at radius 2 is 2.13 bits per heavy atom. The third-order valence-corrected chi connectivity index (χ3v) is 3.91. The van der Waals surface area contributed by atoms with Crippen LogP contribution in [-0.4, -0.2) is 7.11 Å². The SMILES string of the molecule is COc1ccc(C(Cl)C2CC2C)cc1Cl. The first-order valence-electron chi connectivity index (χ1n) is 5.11. The topological polar surface area (TPSA) is 9.23 Å². The van der Waals surface area contributed by atoms with Crippen molar-refractivity contribution in [2.75, 3.05) is 7.11 Å². The van der Waals surface area contributed by atoms with Crippen molar-refractivity contribution in [3.8, 4) is 5.75 Å². The van der Waals surface area contributed by atoms with Crippen LogP contribution in [0.1, 0.15) is 24.3 Å². The molecule has 3 unspecified atom stereocenters. The summed E-state index contributed by atoms with van der Waals surface area (Å²) in [4.78, 5) is 0. The van der Waals surface area contributed by atoms with Crippen LogP contribution in [0.5, 0.6) is 5.75 Å². The summed E-state index contributed by atoms with van der Waals surface area (Å²) in [6.45, 7) is 2.23. The van der Waals surface area contributed by atoms with Gasteiger partial charge in [-0.05, 0) is 36.0 Å². The zero-order valence-electron chi connectivity index (χ0n) is 8.84. The fraction of sp³-hybridized carbons (Fsp3) is 0.500. The lowest BCUT2D eigenvalue weighted by Gasteiger charge is -2.11. The number of hydrogen-bond acceptors (Lipinski definition) is 1. The average Bonchev–Trinajstić information content (AvgIpc) is 2.94. The van der Waals surface area contributed by atoms with E-state index >= 15 is 0 Å². The number of benzene rings is 1. The first-order valence-corrected chi connectivity index (χ1v) is 5.92. The van der Waals surface area contributed by atoms with Gasteiger partial charge in [-0.3, -0.25) is 0 Å². The fourth-order valence-electron chi connectivity index (χ4n) is 1.86. The molecule has 0 aliphatic heterocycles. The Morgan fingerprint density at radius 1 is 1.47 bits per heavy atom. The molecule has 3 heteroatoms. The van der Waals surface area contributed by atoms with Crippen LogP contribution >= 0.6 is 23.2 Å². The normalized spacial score (nSPS) is 26.1. The molecule has 0 saturated heterocycles. The van der Waals surface area contributed by atoms with Gasteiger partial charge in [-0.15, -0.1) is 11.6 Å². The number of ether oxygens (including phenoxy) is 1. The second kappa shape index (κ2) is 4.23. The summed E-state index contributed by atoms with van der Waals surface area (Å²) in [5, 5.41) is 0.720. The quantitative estimate of drug-likeness (QED) is 0.722. The fourth-order valence-corrected chi connectivity index (χ4v) is 2.61. The van der Waals surface area contributed by atoms with Crippen LogP contribution in [0.4, 0.5) is 0 Å². The van der Waals surface area contributed by atoms with Crippen molar-refractivity contribution in [3.05, 3.63) is 28.8 Å². The van der Waals surface area contributed by atoms with E-state index in [1.165, 1.54) is 6.42 Å². The Hall–Kier alpha value is -0.400. The lowest BCUT2D eigenvalue weighted by atomic mass is 10.1. The van der Waals surface area contributed by atoms with Gasteiger partial charge in [0.15, 0.2) is 0 Å². The van der Waals surface area contributed by atoms with Crippen molar-refractivity contribution in [2.24, 2.45) is 11.8 Å². The van der Waals surface area contributed by atoms with Crippen LogP contribution in [0, 0.1) is 11.8 Å². The van der Waals surface area contributed by atoms with E-state index in [-0.39, 0.29) is 5.38 Å². The van der Waals surface area contributed by atoms with Gasteiger partial charge in [-0.25, -0.2) is 0 Å². The highest BCUT2D eigenvalue weighted by Gasteiger charge is 2.39. The highest BCUT2D eigenvalue weighted by atomic mass is 35.5. The molecule has 1 nitrogen and oxygen atoms in total. The molecule has 0 aromatic heterocycles. The smallest absolute Gasteiger partial charge is 0.137 e. The number of rotatable bonds is 3. The molecule has 82 valence electrons. The molecule has 1 saturated carbocycles. The zero-order chi connectivity index (χ0) is 11.0. The molecule has 0 N–H and O–H groups in total. The Bertz CT molecular complexity index is 365. The van der Waals surface area contributed by atoms with Gasteiger partial charge in [0.25, 0.3) is 0 Å². The summed E-state index contributed by atoms with van der Waals surface area (Å²) in [6, 6.07) is 5.77. The van der Waals surface area contributed by atoms with E-state index in [1.54, 1.807) is 7.11 Å². The second-order valence-electron chi connectivity index (χ2n) is 4.17. The van der Waals surface area contributed by atoms with E-state index in [4.69, 9.17) is 27.9 Å². The van der Waals surface area contributed by atoms with Gasteiger partial charge in [-0.2, -0.15) is 0 Å². The summed E-state index contributed by atoms with van der Waals surface area (Å²) < 4.78 is 5.10. The van der Waals surface area contributed by atoms with Crippen molar-refractivity contribution in [2.45, 2.75) is 18.7 Å². The molecule has 0 radical (unpaired) electrons. The predicted octanol–water partition coefficient (Wildman–Crippen LogP) is 4.28. The Kier molecular flexibility index (Phi) is 3.13. The van der Waals surface area contributed by atoms with Gasteiger partial charge in [0.1, 0.15) is 5.75 Å². The molecule has 2 rings (SSSR count). The first kappa shape index (κ1) is 11.1. The molecule has 1 aromatic rings. The number of halogens is 2. The summed E-state index contributed by atoms with van der Waals surface area (Å²) in [7, 11) is 1.61. The van der Waals surface area contributed by atoms with Crippen LogP contribution in [0.15, 0.2) is 18.2 Å². The summed E-state index contributed by atoms with van der Waals surface area (Å²) in [5.74, 6) is 2.05. The molecule has 1 aromatic carbocycles. The lowest BCUT2D eigenvalue weighted by Crippen LogP contribution is -1.95. The highest BCUT2D eigenvalue weighted by Crippen LogP contribution is 2.50. The first-order chi connectivity index (χ1) is 7.13. The van der Waals surface area contributed by atoms with Crippen LogP contribution in [0.3, 0.4) is 0 Å². The molecule has 0 heterocycles. The van der Waals surface area contributed by atoms with Crippen molar-refractivity contribution >= 4 is 23.2 Å². The summed E-state index contributed by atoms with van der Waals surface area (Å²) in [6.07, 6.45) is 1.22. The van der Waals surface area contributed by atoms with Gasteiger partial charge in [0, 0.05) is 0 Å². The minimum atomic E-state index is 0.0865. The van der Waals surface area contributed by atoms with Crippen LogP contribution < -0.4 is 4.74 Å². The largest absolute Gasteiger partial charge is 0.495 e. The second-order valence-corrected chi connectivity index (χ2v) is 5.05. The zero-order valence-corrected chi connectivity index (χ0v) is 10.3. The predicted molar refractivity (Wildman–Crippen MR) is 63.9 cm³/mol. The molecule has 1 aliphatic carbocycles. The number of methoxy groups -OCH3 is 1.